The summed E-state index contributed by atoms with van der Waals surface area (Å²) in [6.45, 7) is 3.75. The van der Waals surface area contributed by atoms with Crippen LogP contribution in [0.5, 0.6) is 0 Å². The number of halogens is 3. The number of benzene rings is 1. The highest BCUT2D eigenvalue weighted by Crippen LogP contribution is 2.31. The van der Waals surface area contributed by atoms with Crippen molar-refractivity contribution in [2.24, 2.45) is 0 Å². The van der Waals surface area contributed by atoms with Crippen molar-refractivity contribution in [2.45, 2.75) is 25.9 Å². The Morgan fingerprint density at radius 1 is 1.28 bits per heavy atom. The molecule has 0 amide bonds. The number of nitrogens with one attached hydrogen (secondary N) is 1. The molecule has 0 saturated carbocycles. The van der Waals surface area contributed by atoms with E-state index in [0.717, 1.165) is 0 Å². The van der Waals surface area contributed by atoms with Crippen LogP contribution in [0, 0.1) is 0 Å². The molecule has 1 aromatic carbocycles. The lowest BCUT2D eigenvalue weighted by atomic mass is 10.1. The Bertz CT molecular complexity index is 461. The van der Waals surface area contributed by atoms with Crippen LogP contribution in [0.2, 0.25) is 15.1 Å². The maximum absolute atomic E-state index is 11.5. The van der Waals surface area contributed by atoms with Gasteiger partial charge in [-0.3, -0.25) is 10.1 Å². The summed E-state index contributed by atoms with van der Waals surface area (Å²) in [6, 6.07) is 3.29. The molecule has 0 aliphatic rings. The average molecular weight is 311 g/mol. The van der Waals surface area contributed by atoms with E-state index in [4.69, 9.17) is 39.5 Å². The predicted octanol–water partition coefficient (Wildman–Crippen LogP) is 3.69. The minimum absolute atomic E-state index is 0.320. The van der Waals surface area contributed by atoms with Crippen molar-refractivity contribution in [3.05, 3.63) is 32.8 Å². The molecule has 0 atom stereocenters. The topological polar surface area (TPSA) is 38.3 Å². The van der Waals surface area contributed by atoms with Crippen molar-refractivity contribution in [3.8, 4) is 0 Å². The summed E-state index contributed by atoms with van der Waals surface area (Å²) < 4.78 is 4.69. The summed E-state index contributed by atoms with van der Waals surface area (Å²) in [6.07, 6.45) is 0. The first-order valence-electron chi connectivity index (χ1n) is 5.25. The smallest absolute Gasteiger partial charge is 0.325 e. The third-order valence-corrected chi connectivity index (χ3v) is 3.74. The zero-order chi connectivity index (χ0) is 13.9. The minimum atomic E-state index is -0.830. The molecule has 0 fully saturated rings. The van der Waals surface area contributed by atoms with Crippen molar-refractivity contribution < 1.29 is 9.53 Å². The Morgan fingerprint density at radius 3 is 2.39 bits per heavy atom. The van der Waals surface area contributed by atoms with Gasteiger partial charge in [0.1, 0.15) is 5.54 Å². The Balaban J connectivity index is 2.87. The van der Waals surface area contributed by atoms with E-state index in [1.54, 1.807) is 26.0 Å². The number of hydrogen-bond donors (Lipinski definition) is 1. The van der Waals surface area contributed by atoms with Crippen molar-refractivity contribution in [3.63, 3.8) is 0 Å². The molecule has 1 N–H and O–H groups in total. The molecule has 100 valence electrons. The second-order valence-corrected chi connectivity index (χ2v) is 5.48. The van der Waals surface area contributed by atoms with Crippen LogP contribution in [0.15, 0.2) is 12.1 Å². The van der Waals surface area contributed by atoms with E-state index in [-0.39, 0.29) is 5.97 Å². The Kier molecular flexibility index (Phi) is 5.29. The van der Waals surface area contributed by atoms with E-state index in [1.165, 1.54) is 7.11 Å². The van der Waals surface area contributed by atoms with Gasteiger partial charge in [0.25, 0.3) is 0 Å². The summed E-state index contributed by atoms with van der Waals surface area (Å²) in [7, 11) is 1.34. The molecule has 3 nitrogen and oxygen atoms in total. The second-order valence-electron chi connectivity index (χ2n) is 4.29. The van der Waals surface area contributed by atoms with Crippen LogP contribution in [0.4, 0.5) is 0 Å². The van der Waals surface area contributed by atoms with Gasteiger partial charge in [0.05, 0.1) is 17.2 Å². The lowest BCUT2D eigenvalue weighted by molar-refractivity contribution is -0.147. The molecule has 0 spiro atoms. The third-order valence-electron chi connectivity index (χ3n) is 2.54. The van der Waals surface area contributed by atoms with E-state index < -0.39 is 5.54 Å². The van der Waals surface area contributed by atoms with Gasteiger partial charge in [0.15, 0.2) is 0 Å². The first-order valence-corrected chi connectivity index (χ1v) is 6.39. The molecule has 0 aromatic heterocycles. The van der Waals surface area contributed by atoms with E-state index in [2.05, 4.69) is 5.32 Å². The summed E-state index contributed by atoms with van der Waals surface area (Å²) in [5.41, 5.74) is -0.174. The maximum Gasteiger partial charge on any atom is 0.325 e. The fraction of sp³-hybridized carbons (Fsp3) is 0.417. The highest BCUT2D eigenvalue weighted by molar-refractivity contribution is 6.44. The number of carbonyl (C=O) groups is 1. The minimum Gasteiger partial charge on any atom is -0.468 e. The summed E-state index contributed by atoms with van der Waals surface area (Å²) in [4.78, 5) is 11.5. The highest BCUT2D eigenvalue weighted by Gasteiger charge is 2.28. The molecule has 0 heterocycles. The molecule has 6 heteroatoms. The lowest BCUT2D eigenvalue weighted by Crippen LogP contribution is -2.47. The second kappa shape index (κ2) is 6.11. The van der Waals surface area contributed by atoms with Gasteiger partial charge in [0, 0.05) is 17.1 Å². The van der Waals surface area contributed by atoms with Gasteiger partial charge in [0.2, 0.25) is 0 Å². The molecule has 0 aliphatic heterocycles. The van der Waals surface area contributed by atoms with Crippen LogP contribution in [0.25, 0.3) is 0 Å². The monoisotopic (exact) mass is 309 g/mol. The normalized spacial score (nSPS) is 11.4. The van der Waals surface area contributed by atoms with Gasteiger partial charge in [-0.2, -0.15) is 0 Å². The first kappa shape index (κ1) is 15.6. The van der Waals surface area contributed by atoms with Crippen LogP contribution in [-0.4, -0.2) is 18.6 Å². The van der Waals surface area contributed by atoms with Crippen LogP contribution in [0.1, 0.15) is 19.4 Å². The molecular weight excluding hydrogens is 296 g/mol. The summed E-state index contributed by atoms with van der Waals surface area (Å²) >= 11 is 18.0. The number of esters is 1. The van der Waals surface area contributed by atoms with Gasteiger partial charge in [-0.1, -0.05) is 34.8 Å². The van der Waals surface area contributed by atoms with E-state index in [0.29, 0.717) is 27.2 Å². The molecule has 18 heavy (non-hydrogen) atoms. The first-order chi connectivity index (χ1) is 8.29. The van der Waals surface area contributed by atoms with Gasteiger partial charge < -0.3 is 4.74 Å². The fourth-order valence-corrected chi connectivity index (χ4v) is 2.05. The van der Waals surface area contributed by atoms with Gasteiger partial charge in [-0.05, 0) is 26.0 Å². The van der Waals surface area contributed by atoms with E-state index in [1.807, 2.05) is 0 Å². The van der Waals surface area contributed by atoms with Gasteiger partial charge in [-0.25, -0.2) is 0 Å². The molecule has 0 bridgehead atoms. The summed E-state index contributed by atoms with van der Waals surface area (Å²) in [5.74, 6) is -0.364. The Labute approximate surface area is 121 Å². The third kappa shape index (κ3) is 3.51. The zero-order valence-corrected chi connectivity index (χ0v) is 12.6. The van der Waals surface area contributed by atoms with Gasteiger partial charge in [-0.15, -0.1) is 0 Å². The van der Waals surface area contributed by atoms with E-state index in [9.17, 15) is 4.79 Å². The fourth-order valence-electron chi connectivity index (χ4n) is 1.37. The number of ether oxygens (including phenoxy) is 1. The van der Waals surface area contributed by atoms with Crippen LogP contribution < -0.4 is 5.32 Å². The van der Waals surface area contributed by atoms with Crippen molar-refractivity contribution in [2.75, 3.05) is 7.11 Å². The predicted molar refractivity (Wildman–Crippen MR) is 74.4 cm³/mol. The molecular formula is C12H14Cl3NO2. The zero-order valence-electron chi connectivity index (χ0n) is 10.3. The number of methoxy groups -OCH3 is 1. The molecule has 0 aliphatic carbocycles. The quantitative estimate of drug-likeness (QED) is 0.681. The van der Waals surface area contributed by atoms with Gasteiger partial charge >= 0.3 is 5.97 Å². The largest absolute Gasteiger partial charge is 0.468 e. The van der Waals surface area contributed by atoms with Crippen LogP contribution in [-0.2, 0) is 16.1 Å². The Morgan fingerprint density at radius 2 is 1.83 bits per heavy atom. The lowest BCUT2D eigenvalue weighted by Gasteiger charge is -2.23. The molecule has 0 unspecified atom stereocenters. The molecule has 0 saturated heterocycles. The maximum atomic E-state index is 11.5. The average Bonchev–Trinajstić information content (AvgIpc) is 2.32. The highest BCUT2D eigenvalue weighted by atomic mass is 35.5. The number of carbonyl (C=O) groups excluding carboxylic acids is 1. The Hall–Kier alpha value is -0.480. The summed E-state index contributed by atoms with van der Waals surface area (Å²) in [5, 5.41) is 4.34. The standard InChI is InChI=1S/C12H14Cl3NO2/c1-12(2,11(17)18-3)16-6-7-8(13)4-5-9(14)10(7)15/h4-5,16H,6H2,1-3H3. The molecule has 1 aromatic rings. The van der Waals surface area contributed by atoms with Crippen LogP contribution in [0.3, 0.4) is 0 Å². The number of rotatable bonds is 4. The SMILES string of the molecule is COC(=O)C(C)(C)NCc1c(Cl)ccc(Cl)c1Cl. The number of hydrogen-bond acceptors (Lipinski definition) is 3. The molecule has 1 rings (SSSR count). The van der Waals surface area contributed by atoms with Crippen molar-refractivity contribution >= 4 is 40.8 Å². The van der Waals surface area contributed by atoms with E-state index >= 15 is 0 Å². The van der Waals surface area contributed by atoms with Crippen LogP contribution >= 0.6 is 34.8 Å². The van der Waals surface area contributed by atoms with Crippen molar-refractivity contribution in [1.82, 2.24) is 5.32 Å². The van der Waals surface area contributed by atoms with Crippen molar-refractivity contribution in [1.29, 1.82) is 0 Å². The molecule has 0 radical (unpaired) electrons.